The third-order valence-electron chi connectivity index (χ3n) is 3.20. The van der Waals surface area contributed by atoms with Gasteiger partial charge < -0.3 is 10.1 Å². The summed E-state index contributed by atoms with van der Waals surface area (Å²) in [7, 11) is 1.55. The first-order valence-electron chi connectivity index (χ1n) is 7.08. The predicted molar refractivity (Wildman–Crippen MR) is 83.6 cm³/mol. The van der Waals surface area contributed by atoms with E-state index in [2.05, 4.69) is 19.2 Å². The van der Waals surface area contributed by atoms with Gasteiger partial charge in [-0.2, -0.15) is 0 Å². The lowest BCUT2D eigenvalue weighted by atomic mass is 10.0. The number of halogens is 1. The molecule has 0 fully saturated rings. The molecule has 0 radical (unpaired) electrons. The first-order valence-corrected chi connectivity index (χ1v) is 7.46. The van der Waals surface area contributed by atoms with Gasteiger partial charge in [0.1, 0.15) is 5.75 Å². The molecule has 0 heterocycles. The number of amides is 1. The lowest BCUT2D eigenvalue weighted by molar-refractivity contribution is 0.0934. The number of nitrogens with one attached hydrogen (secondary N) is 1. The maximum Gasteiger partial charge on any atom is 0.255 e. The van der Waals surface area contributed by atoms with Crippen molar-refractivity contribution in [1.82, 2.24) is 5.32 Å². The van der Waals surface area contributed by atoms with Crippen LogP contribution in [0.1, 0.15) is 50.4 Å². The Balaban J connectivity index is 2.59. The Morgan fingerprint density at radius 1 is 1.30 bits per heavy atom. The van der Waals surface area contributed by atoms with Gasteiger partial charge in [-0.1, -0.05) is 38.3 Å². The van der Waals surface area contributed by atoms with Crippen LogP contribution in [0.15, 0.2) is 18.2 Å². The van der Waals surface area contributed by atoms with Crippen LogP contribution in [-0.2, 0) is 0 Å². The molecule has 0 aliphatic heterocycles. The summed E-state index contributed by atoms with van der Waals surface area (Å²) in [5, 5.41) is 3.53. The predicted octanol–water partition coefficient (Wildman–Crippen LogP) is 4.29. The fourth-order valence-electron chi connectivity index (χ4n) is 2.06. The Kier molecular flexibility index (Phi) is 6.86. The largest absolute Gasteiger partial charge is 0.496 e. The zero-order chi connectivity index (χ0) is 15.1. The zero-order valence-electron chi connectivity index (χ0n) is 12.7. The number of rotatable bonds is 7. The highest BCUT2D eigenvalue weighted by Crippen LogP contribution is 2.22. The Hall–Kier alpha value is -1.22. The second-order valence-electron chi connectivity index (χ2n) is 5.54. The SMILES string of the molecule is COc1ccc(Cl)cc1C(=O)NC(C)CCCC(C)C. The maximum atomic E-state index is 12.2. The summed E-state index contributed by atoms with van der Waals surface area (Å²) in [6.07, 6.45) is 3.28. The fraction of sp³-hybridized carbons (Fsp3) is 0.562. The standard InChI is InChI=1S/C16H24ClNO2/c1-11(2)6-5-7-12(3)18-16(19)14-10-13(17)8-9-15(14)20-4/h8-12H,5-7H2,1-4H3,(H,18,19). The lowest BCUT2D eigenvalue weighted by Crippen LogP contribution is -2.32. The molecule has 3 nitrogen and oxygen atoms in total. The van der Waals surface area contributed by atoms with Crippen LogP contribution >= 0.6 is 11.6 Å². The van der Waals surface area contributed by atoms with Gasteiger partial charge in [0, 0.05) is 11.1 Å². The third kappa shape index (κ3) is 5.41. The molecule has 0 aliphatic carbocycles. The highest BCUT2D eigenvalue weighted by atomic mass is 35.5. The van der Waals surface area contributed by atoms with E-state index in [9.17, 15) is 4.79 Å². The van der Waals surface area contributed by atoms with Crippen molar-refractivity contribution in [3.8, 4) is 5.75 Å². The smallest absolute Gasteiger partial charge is 0.255 e. The van der Waals surface area contributed by atoms with Gasteiger partial charge in [-0.3, -0.25) is 4.79 Å². The molecular weight excluding hydrogens is 274 g/mol. The van der Waals surface area contributed by atoms with Gasteiger partial charge in [-0.15, -0.1) is 0 Å². The van der Waals surface area contributed by atoms with Crippen LogP contribution in [0.5, 0.6) is 5.75 Å². The Bertz CT molecular complexity index is 446. The van der Waals surface area contributed by atoms with Crippen LogP contribution in [0.4, 0.5) is 0 Å². The molecule has 4 heteroatoms. The van der Waals surface area contributed by atoms with Crippen LogP contribution in [0.25, 0.3) is 0 Å². The molecule has 1 amide bonds. The first kappa shape index (κ1) is 16.8. The number of hydrogen-bond donors (Lipinski definition) is 1. The van der Waals surface area contributed by atoms with Crippen molar-refractivity contribution in [2.24, 2.45) is 5.92 Å². The van der Waals surface area contributed by atoms with E-state index in [4.69, 9.17) is 16.3 Å². The van der Waals surface area contributed by atoms with Crippen molar-refractivity contribution in [1.29, 1.82) is 0 Å². The second-order valence-corrected chi connectivity index (χ2v) is 5.98. The Morgan fingerprint density at radius 3 is 2.60 bits per heavy atom. The van der Waals surface area contributed by atoms with Crippen molar-refractivity contribution >= 4 is 17.5 Å². The maximum absolute atomic E-state index is 12.2. The average molecular weight is 298 g/mol. The highest BCUT2D eigenvalue weighted by molar-refractivity contribution is 6.31. The number of benzene rings is 1. The van der Waals surface area contributed by atoms with Crippen molar-refractivity contribution < 1.29 is 9.53 Å². The van der Waals surface area contributed by atoms with Gasteiger partial charge in [0.2, 0.25) is 0 Å². The first-order chi connectivity index (χ1) is 9.43. The summed E-state index contributed by atoms with van der Waals surface area (Å²) in [5.74, 6) is 1.11. The number of carbonyl (C=O) groups is 1. The summed E-state index contributed by atoms with van der Waals surface area (Å²) in [6, 6.07) is 5.20. The molecule has 1 aromatic rings. The third-order valence-corrected chi connectivity index (χ3v) is 3.44. The van der Waals surface area contributed by atoms with Crippen LogP contribution < -0.4 is 10.1 Å². The molecule has 0 saturated carbocycles. The second kappa shape index (κ2) is 8.15. The van der Waals surface area contributed by atoms with E-state index < -0.39 is 0 Å². The van der Waals surface area contributed by atoms with E-state index in [0.717, 1.165) is 12.8 Å². The van der Waals surface area contributed by atoms with Gasteiger partial charge in [0.25, 0.3) is 5.91 Å². The van der Waals surface area contributed by atoms with E-state index in [1.54, 1.807) is 25.3 Å². The highest BCUT2D eigenvalue weighted by Gasteiger charge is 2.15. The minimum absolute atomic E-state index is 0.138. The van der Waals surface area contributed by atoms with Gasteiger partial charge in [0.15, 0.2) is 0 Å². The quantitative estimate of drug-likeness (QED) is 0.815. The molecule has 1 atom stereocenters. The van der Waals surface area contributed by atoms with Gasteiger partial charge in [-0.25, -0.2) is 0 Å². The summed E-state index contributed by atoms with van der Waals surface area (Å²) in [6.45, 7) is 6.44. The number of methoxy groups -OCH3 is 1. The molecule has 112 valence electrons. The van der Waals surface area contributed by atoms with E-state index in [-0.39, 0.29) is 11.9 Å². The molecule has 1 rings (SSSR count). The van der Waals surface area contributed by atoms with E-state index >= 15 is 0 Å². The van der Waals surface area contributed by atoms with Gasteiger partial charge in [0.05, 0.1) is 12.7 Å². The molecule has 0 aliphatic rings. The molecule has 0 saturated heterocycles. The van der Waals surface area contributed by atoms with E-state index in [0.29, 0.717) is 22.3 Å². The summed E-state index contributed by atoms with van der Waals surface area (Å²) < 4.78 is 5.20. The minimum Gasteiger partial charge on any atom is -0.496 e. The van der Waals surface area contributed by atoms with Crippen LogP contribution in [0.2, 0.25) is 5.02 Å². The number of ether oxygens (including phenoxy) is 1. The van der Waals surface area contributed by atoms with Gasteiger partial charge >= 0.3 is 0 Å². The fourth-order valence-corrected chi connectivity index (χ4v) is 2.24. The zero-order valence-corrected chi connectivity index (χ0v) is 13.5. The van der Waals surface area contributed by atoms with Crippen LogP contribution in [0, 0.1) is 5.92 Å². The van der Waals surface area contributed by atoms with Crippen molar-refractivity contribution in [2.75, 3.05) is 7.11 Å². The normalized spacial score (nSPS) is 12.3. The van der Waals surface area contributed by atoms with Crippen molar-refractivity contribution in [3.05, 3.63) is 28.8 Å². The average Bonchev–Trinajstić information content (AvgIpc) is 2.38. The van der Waals surface area contributed by atoms with Crippen molar-refractivity contribution in [3.63, 3.8) is 0 Å². The van der Waals surface area contributed by atoms with E-state index in [1.165, 1.54) is 6.42 Å². The number of carbonyl (C=O) groups excluding carboxylic acids is 1. The molecule has 1 unspecified atom stereocenters. The summed E-state index contributed by atoms with van der Waals surface area (Å²) in [5.41, 5.74) is 0.482. The van der Waals surface area contributed by atoms with E-state index in [1.807, 2.05) is 6.92 Å². The van der Waals surface area contributed by atoms with Crippen LogP contribution in [0.3, 0.4) is 0 Å². The summed E-state index contributed by atoms with van der Waals surface area (Å²) in [4.78, 5) is 12.2. The minimum atomic E-state index is -0.138. The molecule has 1 aromatic carbocycles. The molecule has 0 aromatic heterocycles. The summed E-state index contributed by atoms with van der Waals surface area (Å²) >= 11 is 5.94. The molecule has 0 spiro atoms. The van der Waals surface area contributed by atoms with Gasteiger partial charge in [-0.05, 0) is 37.5 Å². The van der Waals surface area contributed by atoms with Crippen molar-refractivity contribution in [2.45, 2.75) is 46.1 Å². The monoisotopic (exact) mass is 297 g/mol. The molecule has 20 heavy (non-hydrogen) atoms. The number of hydrogen-bond acceptors (Lipinski definition) is 2. The van der Waals surface area contributed by atoms with Crippen LogP contribution in [-0.4, -0.2) is 19.1 Å². The molecular formula is C16H24ClNO2. The topological polar surface area (TPSA) is 38.3 Å². The lowest BCUT2D eigenvalue weighted by Gasteiger charge is -2.16. The Labute approximate surface area is 126 Å². The molecule has 0 bridgehead atoms. The Morgan fingerprint density at radius 2 is 2.00 bits per heavy atom. The molecule has 1 N–H and O–H groups in total.